The van der Waals surface area contributed by atoms with Gasteiger partial charge in [-0.15, -0.1) is 0 Å². The second-order valence-corrected chi connectivity index (χ2v) is 3.79. The third kappa shape index (κ3) is 2.00. The molecular weight excluding hydrogens is 237 g/mol. The standard InChI is InChI=1S/C9H7BrClN/c1-6-4-8(10)9(11)5-7(6)2-3-12/h4-5H,2H2,1H3. The summed E-state index contributed by atoms with van der Waals surface area (Å²) < 4.78 is 0.878. The van der Waals surface area contributed by atoms with Gasteiger partial charge in [0.15, 0.2) is 0 Å². The van der Waals surface area contributed by atoms with Crippen molar-refractivity contribution in [2.24, 2.45) is 0 Å². The second kappa shape index (κ2) is 3.93. The maximum Gasteiger partial charge on any atom is 0.0669 e. The zero-order chi connectivity index (χ0) is 9.14. The minimum absolute atomic E-state index is 0.416. The highest BCUT2D eigenvalue weighted by atomic mass is 79.9. The Morgan fingerprint density at radius 2 is 2.25 bits per heavy atom. The van der Waals surface area contributed by atoms with E-state index in [-0.39, 0.29) is 0 Å². The number of rotatable bonds is 1. The van der Waals surface area contributed by atoms with Crippen LogP contribution >= 0.6 is 27.5 Å². The van der Waals surface area contributed by atoms with Gasteiger partial charge in [0.05, 0.1) is 17.5 Å². The summed E-state index contributed by atoms with van der Waals surface area (Å²) in [5.74, 6) is 0. The van der Waals surface area contributed by atoms with Gasteiger partial charge < -0.3 is 0 Å². The van der Waals surface area contributed by atoms with Crippen LogP contribution in [0.1, 0.15) is 11.1 Å². The molecule has 0 aromatic heterocycles. The maximum absolute atomic E-state index is 8.50. The fourth-order valence-corrected chi connectivity index (χ4v) is 1.61. The Balaban J connectivity index is 3.16. The molecule has 0 heterocycles. The average Bonchev–Trinajstić information content (AvgIpc) is 2.01. The molecular formula is C9H7BrClN. The van der Waals surface area contributed by atoms with Crippen molar-refractivity contribution < 1.29 is 0 Å². The molecule has 0 bridgehead atoms. The van der Waals surface area contributed by atoms with Gasteiger partial charge in [-0.05, 0) is 46.1 Å². The molecule has 0 saturated carbocycles. The van der Waals surface area contributed by atoms with Gasteiger partial charge in [0, 0.05) is 4.47 Å². The van der Waals surface area contributed by atoms with Crippen LogP contribution in [-0.2, 0) is 6.42 Å². The van der Waals surface area contributed by atoms with Gasteiger partial charge in [-0.3, -0.25) is 0 Å². The van der Waals surface area contributed by atoms with Crippen LogP contribution in [0.5, 0.6) is 0 Å². The first kappa shape index (κ1) is 9.57. The third-order valence-electron chi connectivity index (χ3n) is 1.65. The summed E-state index contributed by atoms with van der Waals surface area (Å²) in [7, 11) is 0. The zero-order valence-electron chi connectivity index (χ0n) is 6.56. The van der Waals surface area contributed by atoms with Gasteiger partial charge in [0.1, 0.15) is 0 Å². The van der Waals surface area contributed by atoms with E-state index in [0.717, 1.165) is 15.6 Å². The van der Waals surface area contributed by atoms with Crippen LogP contribution in [0.2, 0.25) is 5.02 Å². The Morgan fingerprint density at radius 1 is 1.58 bits per heavy atom. The molecule has 0 aliphatic heterocycles. The summed E-state index contributed by atoms with van der Waals surface area (Å²) >= 11 is 9.18. The van der Waals surface area contributed by atoms with Crippen molar-refractivity contribution in [3.05, 3.63) is 32.8 Å². The van der Waals surface area contributed by atoms with Crippen LogP contribution in [0.3, 0.4) is 0 Å². The van der Waals surface area contributed by atoms with E-state index in [2.05, 4.69) is 22.0 Å². The first-order chi connectivity index (χ1) is 5.65. The van der Waals surface area contributed by atoms with Gasteiger partial charge in [-0.25, -0.2) is 0 Å². The monoisotopic (exact) mass is 243 g/mol. The first-order valence-electron chi connectivity index (χ1n) is 3.46. The van der Waals surface area contributed by atoms with Crippen molar-refractivity contribution in [1.82, 2.24) is 0 Å². The van der Waals surface area contributed by atoms with Crippen molar-refractivity contribution in [3.8, 4) is 6.07 Å². The highest BCUT2D eigenvalue weighted by molar-refractivity contribution is 9.10. The predicted molar refractivity (Wildman–Crippen MR) is 53.2 cm³/mol. The molecule has 0 fully saturated rings. The van der Waals surface area contributed by atoms with E-state index >= 15 is 0 Å². The number of aryl methyl sites for hydroxylation is 1. The molecule has 3 heteroatoms. The van der Waals surface area contributed by atoms with Gasteiger partial charge in [-0.2, -0.15) is 5.26 Å². The molecule has 12 heavy (non-hydrogen) atoms. The lowest BCUT2D eigenvalue weighted by molar-refractivity contribution is 1.21. The Kier molecular flexibility index (Phi) is 3.13. The van der Waals surface area contributed by atoms with Gasteiger partial charge >= 0.3 is 0 Å². The molecule has 0 aliphatic carbocycles. The number of nitrogens with zero attached hydrogens (tertiary/aromatic N) is 1. The normalized spacial score (nSPS) is 9.50. The van der Waals surface area contributed by atoms with Crippen LogP contribution in [0.25, 0.3) is 0 Å². The summed E-state index contributed by atoms with van der Waals surface area (Å²) in [6.07, 6.45) is 0.416. The zero-order valence-corrected chi connectivity index (χ0v) is 8.91. The summed E-state index contributed by atoms with van der Waals surface area (Å²) in [5.41, 5.74) is 2.08. The van der Waals surface area contributed by atoms with Crippen molar-refractivity contribution >= 4 is 27.5 Å². The largest absolute Gasteiger partial charge is 0.198 e. The van der Waals surface area contributed by atoms with Gasteiger partial charge in [0.25, 0.3) is 0 Å². The highest BCUT2D eigenvalue weighted by Gasteiger charge is 2.02. The average molecular weight is 245 g/mol. The van der Waals surface area contributed by atoms with Crippen molar-refractivity contribution in [2.75, 3.05) is 0 Å². The van der Waals surface area contributed by atoms with E-state index < -0.39 is 0 Å². The Morgan fingerprint density at radius 3 is 2.83 bits per heavy atom. The SMILES string of the molecule is Cc1cc(Br)c(Cl)cc1CC#N. The molecule has 1 rings (SSSR count). The Bertz CT molecular complexity index is 341. The lowest BCUT2D eigenvalue weighted by Crippen LogP contribution is -1.87. The predicted octanol–water partition coefficient (Wildman–Crippen LogP) is 3.48. The van der Waals surface area contributed by atoms with Crippen molar-refractivity contribution in [3.63, 3.8) is 0 Å². The fraction of sp³-hybridized carbons (Fsp3) is 0.222. The van der Waals surface area contributed by atoms with Crippen LogP contribution in [-0.4, -0.2) is 0 Å². The van der Waals surface area contributed by atoms with E-state index in [9.17, 15) is 0 Å². The lowest BCUT2D eigenvalue weighted by atomic mass is 10.1. The molecule has 0 saturated heterocycles. The number of halogens is 2. The topological polar surface area (TPSA) is 23.8 Å². The Hall–Kier alpha value is -0.520. The molecule has 0 atom stereocenters. The van der Waals surface area contributed by atoms with E-state index in [1.807, 2.05) is 19.1 Å². The maximum atomic E-state index is 8.50. The number of nitriles is 1. The molecule has 0 aliphatic rings. The molecule has 0 radical (unpaired) electrons. The fourth-order valence-electron chi connectivity index (χ4n) is 0.963. The second-order valence-electron chi connectivity index (χ2n) is 2.53. The summed E-state index contributed by atoms with van der Waals surface area (Å²) in [6.45, 7) is 1.97. The third-order valence-corrected chi connectivity index (χ3v) is 2.85. The number of hydrogen-bond acceptors (Lipinski definition) is 1. The lowest BCUT2D eigenvalue weighted by Gasteiger charge is -2.03. The molecule has 0 amide bonds. The summed E-state index contributed by atoms with van der Waals surface area (Å²) in [5, 5.41) is 9.16. The number of benzene rings is 1. The first-order valence-corrected chi connectivity index (χ1v) is 4.63. The quantitative estimate of drug-likeness (QED) is 0.742. The highest BCUT2D eigenvalue weighted by Crippen LogP contribution is 2.26. The molecule has 1 aromatic carbocycles. The van der Waals surface area contributed by atoms with E-state index in [1.165, 1.54) is 0 Å². The van der Waals surface area contributed by atoms with E-state index in [0.29, 0.717) is 11.4 Å². The molecule has 1 aromatic rings. The molecule has 62 valence electrons. The molecule has 0 unspecified atom stereocenters. The minimum atomic E-state index is 0.416. The van der Waals surface area contributed by atoms with Crippen molar-refractivity contribution in [2.45, 2.75) is 13.3 Å². The van der Waals surface area contributed by atoms with E-state index in [1.54, 1.807) is 0 Å². The molecule has 1 nitrogen and oxygen atoms in total. The molecule has 0 N–H and O–H groups in total. The van der Waals surface area contributed by atoms with Gasteiger partial charge in [-0.1, -0.05) is 11.6 Å². The van der Waals surface area contributed by atoms with Crippen LogP contribution in [0, 0.1) is 18.3 Å². The van der Waals surface area contributed by atoms with E-state index in [4.69, 9.17) is 16.9 Å². The van der Waals surface area contributed by atoms with Crippen LogP contribution < -0.4 is 0 Å². The number of hydrogen-bond donors (Lipinski definition) is 0. The van der Waals surface area contributed by atoms with Gasteiger partial charge in [0.2, 0.25) is 0 Å². The van der Waals surface area contributed by atoms with Crippen LogP contribution in [0.4, 0.5) is 0 Å². The molecule has 0 spiro atoms. The summed E-state index contributed by atoms with van der Waals surface area (Å²) in [4.78, 5) is 0. The minimum Gasteiger partial charge on any atom is -0.198 e. The summed E-state index contributed by atoms with van der Waals surface area (Å²) in [6, 6.07) is 5.85. The van der Waals surface area contributed by atoms with Crippen LogP contribution in [0.15, 0.2) is 16.6 Å². The Labute approximate surface area is 85.1 Å². The van der Waals surface area contributed by atoms with Crippen molar-refractivity contribution in [1.29, 1.82) is 5.26 Å². The smallest absolute Gasteiger partial charge is 0.0669 e.